The number of hydrogen-bond acceptors (Lipinski definition) is 2. The summed E-state index contributed by atoms with van der Waals surface area (Å²) in [6.45, 7) is 0.220. The van der Waals surface area contributed by atoms with Gasteiger partial charge in [-0.2, -0.15) is 0 Å². The Labute approximate surface area is 130 Å². The summed E-state index contributed by atoms with van der Waals surface area (Å²) in [4.78, 5) is 22.7. The Morgan fingerprint density at radius 2 is 2.10 bits per heavy atom. The number of aliphatic carboxylic acids is 1. The van der Waals surface area contributed by atoms with Gasteiger partial charge in [0.05, 0.1) is 5.41 Å². The number of hydrogen-bond donors (Lipinski definition) is 2. The average Bonchev–Trinajstić information content (AvgIpc) is 3.18. The molecule has 0 spiro atoms. The topological polar surface area (TPSA) is 66.4 Å². The van der Waals surface area contributed by atoms with Crippen LogP contribution in [0.15, 0.2) is 22.7 Å². The Hall–Kier alpha value is -1.07. The van der Waals surface area contributed by atoms with E-state index in [9.17, 15) is 9.59 Å². The molecule has 1 aromatic carbocycles. The molecule has 0 radical (unpaired) electrons. The molecule has 6 heteroatoms. The highest BCUT2D eigenvalue weighted by Crippen LogP contribution is 2.45. The van der Waals surface area contributed by atoms with E-state index >= 15 is 0 Å². The lowest BCUT2D eigenvalue weighted by Crippen LogP contribution is -2.34. The van der Waals surface area contributed by atoms with Crippen molar-refractivity contribution in [1.82, 2.24) is 5.32 Å². The van der Waals surface area contributed by atoms with Gasteiger partial charge in [0.25, 0.3) is 0 Å². The summed E-state index contributed by atoms with van der Waals surface area (Å²) in [5, 5.41) is 12.4. The highest BCUT2D eigenvalue weighted by atomic mass is 79.9. The third-order valence-corrected chi connectivity index (χ3v) is 4.57. The molecule has 0 bridgehead atoms. The molecule has 1 aromatic rings. The fraction of sp³-hybridized carbons (Fsp3) is 0.429. The van der Waals surface area contributed by atoms with Crippen molar-refractivity contribution in [1.29, 1.82) is 0 Å². The molecular formula is C14H15BrClNO3. The fourth-order valence-corrected chi connectivity index (χ4v) is 2.60. The summed E-state index contributed by atoms with van der Waals surface area (Å²) in [6, 6.07) is 5.44. The SMILES string of the molecule is O=C(CCc1cc(Cl)ccc1Br)NCC1(C(=O)O)CC1. The van der Waals surface area contributed by atoms with Gasteiger partial charge in [0, 0.05) is 22.5 Å². The van der Waals surface area contributed by atoms with Crippen LogP contribution >= 0.6 is 27.5 Å². The van der Waals surface area contributed by atoms with Crippen LogP contribution in [0.2, 0.25) is 5.02 Å². The second-order valence-electron chi connectivity index (χ2n) is 5.10. The molecule has 0 aliphatic heterocycles. The maximum Gasteiger partial charge on any atom is 0.311 e. The van der Waals surface area contributed by atoms with Crippen molar-refractivity contribution in [3.63, 3.8) is 0 Å². The van der Waals surface area contributed by atoms with E-state index in [1.165, 1.54) is 0 Å². The molecule has 1 aliphatic carbocycles. The van der Waals surface area contributed by atoms with Gasteiger partial charge in [-0.1, -0.05) is 27.5 Å². The van der Waals surface area contributed by atoms with E-state index in [2.05, 4.69) is 21.2 Å². The molecule has 20 heavy (non-hydrogen) atoms. The third-order valence-electron chi connectivity index (χ3n) is 3.56. The van der Waals surface area contributed by atoms with Crippen LogP contribution in [0.3, 0.4) is 0 Å². The van der Waals surface area contributed by atoms with Crippen molar-refractivity contribution in [2.75, 3.05) is 6.54 Å². The van der Waals surface area contributed by atoms with E-state index in [-0.39, 0.29) is 12.5 Å². The number of nitrogens with one attached hydrogen (secondary N) is 1. The lowest BCUT2D eigenvalue weighted by atomic mass is 10.1. The summed E-state index contributed by atoms with van der Waals surface area (Å²) < 4.78 is 0.916. The number of carboxylic acid groups (broad SMARTS) is 1. The molecule has 0 atom stereocenters. The summed E-state index contributed by atoms with van der Waals surface area (Å²) in [7, 11) is 0. The van der Waals surface area contributed by atoms with Gasteiger partial charge in [-0.15, -0.1) is 0 Å². The van der Waals surface area contributed by atoms with Crippen molar-refractivity contribution in [2.24, 2.45) is 5.41 Å². The third kappa shape index (κ3) is 3.73. The minimum atomic E-state index is -0.824. The first kappa shape index (κ1) is 15.3. The van der Waals surface area contributed by atoms with Crippen molar-refractivity contribution >= 4 is 39.4 Å². The Morgan fingerprint density at radius 1 is 1.40 bits per heavy atom. The second-order valence-corrected chi connectivity index (χ2v) is 6.39. The number of carboxylic acids is 1. The zero-order chi connectivity index (χ0) is 14.8. The Morgan fingerprint density at radius 3 is 2.70 bits per heavy atom. The van der Waals surface area contributed by atoms with Crippen LogP contribution in [0.5, 0.6) is 0 Å². The molecule has 0 unspecified atom stereocenters. The molecule has 0 heterocycles. The number of aryl methyl sites for hydroxylation is 1. The van der Waals surface area contributed by atoms with Gasteiger partial charge >= 0.3 is 5.97 Å². The van der Waals surface area contributed by atoms with Crippen molar-refractivity contribution in [2.45, 2.75) is 25.7 Å². The molecule has 108 valence electrons. The molecule has 1 saturated carbocycles. The van der Waals surface area contributed by atoms with Gasteiger partial charge < -0.3 is 10.4 Å². The van der Waals surface area contributed by atoms with Crippen LogP contribution in [-0.2, 0) is 16.0 Å². The molecule has 0 saturated heterocycles. The minimum Gasteiger partial charge on any atom is -0.481 e. The number of rotatable bonds is 6. The van der Waals surface area contributed by atoms with Crippen LogP contribution in [0.4, 0.5) is 0 Å². The van der Waals surface area contributed by atoms with Crippen LogP contribution in [-0.4, -0.2) is 23.5 Å². The van der Waals surface area contributed by atoms with Crippen molar-refractivity contribution < 1.29 is 14.7 Å². The second kappa shape index (κ2) is 6.14. The summed E-state index contributed by atoms with van der Waals surface area (Å²) in [5.74, 6) is -0.959. The van der Waals surface area contributed by atoms with Gasteiger partial charge in [0.2, 0.25) is 5.91 Å². The standard InChI is InChI=1S/C14H15BrClNO3/c15-11-3-2-10(16)7-9(11)1-4-12(18)17-8-14(5-6-14)13(19)20/h2-3,7H,1,4-6,8H2,(H,17,18)(H,19,20). The molecule has 2 rings (SSSR count). The molecule has 1 aliphatic rings. The molecule has 1 amide bonds. The number of benzene rings is 1. The van der Waals surface area contributed by atoms with E-state index in [1.807, 2.05) is 12.1 Å². The van der Waals surface area contributed by atoms with Crippen LogP contribution in [0, 0.1) is 5.41 Å². The van der Waals surface area contributed by atoms with E-state index in [1.54, 1.807) is 6.07 Å². The maximum atomic E-state index is 11.8. The number of halogens is 2. The molecule has 4 nitrogen and oxygen atoms in total. The Balaban J connectivity index is 1.81. The first-order chi connectivity index (χ1) is 9.43. The molecule has 1 fully saturated rings. The van der Waals surface area contributed by atoms with Crippen LogP contribution < -0.4 is 5.32 Å². The first-order valence-corrected chi connectivity index (χ1v) is 7.54. The van der Waals surface area contributed by atoms with Gasteiger partial charge in [-0.3, -0.25) is 9.59 Å². The Kier molecular flexibility index (Phi) is 4.70. The largest absolute Gasteiger partial charge is 0.481 e. The number of carbonyl (C=O) groups excluding carboxylic acids is 1. The van der Waals surface area contributed by atoms with E-state index in [0.29, 0.717) is 30.7 Å². The number of carbonyl (C=O) groups is 2. The lowest BCUT2D eigenvalue weighted by molar-refractivity contribution is -0.143. The zero-order valence-electron chi connectivity index (χ0n) is 10.8. The van der Waals surface area contributed by atoms with Crippen LogP contribution in [0.25, 0.3) is 0 Å². The fourth-order valence-electron chi connectivity index (χ4n) is 1.96. The van der Waals surface area contributed by atoms with Crippen molar-refractivity contribution in [3.8, 4) is 0 Å². The van der Waals surface area contributed by atoms with Crippen molar-refractivity contribution in [3.05, 3.63) is 33.3 Å². The summed E-state index contributed by atoms with van der Waals surface area (Å²) in [5.41, 5.74) is 0.249. The number of amides is 1. The smallest absolute Gasteiger partial charge is 0.311 e. The Bertz CT molecular complexity index is 543. The van der Waals surface area contributed by atoms with Crippen LogP contribution in [0.1, 0.15) is 24.8 Å². The normalized spacial score (nSPS) is 15.7. The molecular weight excluding hydrogens is 346 g/mol. The molecule has 0 aromatic heterocycles. The highest BCUT2D eigenvalue weighted by molar-refractivity contribution is 9.10. The summed E-state index contributed by atoms with van der Waals surface area (Å²) >= 11 is 9.32. The van der Waals surface area contributed by atoms with Gasteiger partial charge in [-0.05, 0) is 43.0 Å². The van der Waals surface area contributed by atoms with Gasteiger partial charge in [-0.25, -0.2) is 0 Å². The van der Waals surface area contributed by atoms with E-state index in [4.69, 9.17) is 16.7 Å². The predicted octanol–water partition coefficient (Wildman–Crippen LogP) is 3.02. The zero-order valence-corrected chi connectivity index (χ0v) is 13.1. The molecule has 2 N–H and O–H groups in total. The predicted molar refractivity (Wildman–Crippen MR) is 79.8 cm³/mol. The summed E-state index contributed by atoms with van der Waals surface area (Å²) in [6.07, 6.45) is 2.16. The maximum absolute atomic E-state index is 11.8. The van der Waals surface area contributed by atoms with Gasteiger partial charge in [0.15, 0.2) is 0 Å². The quantitative estimate of drug-likeness (QED) is 0.819. The monoisotopic (exact) mass is 359 g/mol. The minimum absolute atomic E-state index is 0.135. The van der Waals surface area contributed by atoms with Gasteiger partial charge in [0.1, 0.15) is 0 Å². The van der Waals surface area contributed by atoms with E-state index < -0.39 is 11.4 Å². The first-order valence-electron chi connectivity index (χ1n) is 6.37. The highest BCUT2D eigenvalue weighted by Gasteiger charge is 2.50. The lowest BCUT2D eigenvalue weighted by Gasteiger charge is -2.11. The van der Waals surface area contributed by atoms with E-state index in [0.717, 1.165) is 10.0 Å². The average molecular weight is 361 g/mol.